The fourth-order valence-corrected chi connectivity index (χ4v) is 2.31. The Kier molecular flexibility index (Phi) is 3.97. The van der Waals surface area contributed by atoms with Gasteiger partial charge in [0, 0.05) is 19.0 Å². The summed E-state index contributed by atoms with van der Waals surface area (Å²) in [7, 11) is 0. The lowest BCUT2D eigenvalue weighted by Gasteiger charge is -2.12. The van der Waals surface area contributed by atoms with E-state index in [1.165, 1.54) is 12.1 Å². The quantitative estimate of drug-likeness (QED) is 0.885. The molecule has 0 bridgehead atoms. The molecule has 0 aliphatic heterocycles. The fraction of sp³-hybridized carbons (Fsp3) is 0.500. The molecule has 1 atom stereocenters. The second-order valence-corrected chi connectivity index (χ2v) is 4.62. The van der Waals surface area contributed by atoms with E-state index in [4.69, 9.17) is 5.73 Å². The Hall–Kier alpha value is -1.42. The van der Waals surface area contributed by atoms with Crippen LogP contribution in [0.3, 0.4) is 0 Å². The maximum atomic E-state index is 13.2. The number of rotatable bonds is 5. The van der Waals surface area contributed by atoms with Gasteiger partial charge in [-0.2, -0.15) is 0 Å². The van der Waals surface area contributed by atoms with Gasteiger partial charge in [0.05, 0.1) is 11.0 Å². The first-order chi connectivity index (χ1) is 8.69. The lowest BCUT2D eigenvalue weighted by Crippen LogP contribution is -2.18. The number of imidazole rings is 1. The van der Waals surface area contributed by atoms with Gasteiger partial charge < -0.3 is 10.3 Å². The second-order valence-electron chi connectivity index (χ2n) is 4.62. The molecule has 1 aromatic carbocycles. The summed E-state index contributed by atoms with van der Waals surface area (Å²) < 4.78 is 15.4. The molecule has 0 aliphatic rings. The number of fused-ring (bicyclic) bond motifs is 1. The van der Waals surface area contributed by atoms with Crippen LogP contribution in [0.15, 0.2) is 18.2 Å². The van der Waals surface area contributed by atoms with Crippen LogP contribution in [-0.2, 0) is 13.0 Å². The summed E-state index contributed by atoms with van der Waals surface area (Å²) in [6, 6.07) is 4.78. The van der Waals surface area contributed by atoms with Crippen LogP contribution in [-0.4, -0.2) is 16.1 Å². The molecule has 0 fully saturated rings. The smallest absolute Gasteiger partial charge is 0.125 e. The van der Waals surface area contributed by atoms with Crippen molar-refractivity contribution >= 4 is 11.0 Å². The summed E-state index contributed by atoms with van der Waals surface area (Å²) in [4.78, 5) is 4.55. The molecule has 3 nitrogen and oxygen atoms in total. The van der Waals surface area contributed by atoms with Gasteiger partial charge in [0.25, 0.3) is 0 Å². The van der Waals surface area contributed by atoms with E-state index in [1.54, 1.807) is 6.07 Å². The highest BCUT2D eigenvalue weighted by molar-refractivity contribution is 5.76. The molecule has 2 aromatic rings. The molecule has 2 N–H and O–H groups in total. The summed E-state index contributed by atoms with van der Waals surface area (Å²) in [6.45, 7) is 5.73. The Morgan fingerprint density at radius 2 is 2.17 bits per heavy atom. The highest BCUT2D eigenvalue weighted by atomic mass is 19.1. The van der Waals surface area contributed by atoms with E-state index >= 15 is 0 Å². The lowest BCUT2D eigenvalue weighted by atomic mass is 10.0. The molecule has 1 unspecified atom stereocenters. The number of nitrogens with two attached hydrogens (primary N) is 1. The summed E-state index contributed by atoms with van der Waals surface area (Å²) in [5.41, 5.74) is 7.48. The molecular weight excluding hydrogens is 229 g/mol. The fourth-order valence-electron chi connectivity index (χ4n) is 2.31. The molecule has 2 rings (SSSR count). The van der Waals surface area contributed by atoms with Gasteiger partial charge in [-0.05, 0) is 31.5 Å². The number of nitrogens with zero attached hydrogens (tertiary/aromatic N) is 2. The minimum atomic E-state index is -0.235. The van der Waals surface area contributed by atoms with Crippen molar-refractivity contribution in [2.24, 2.45) is 11.7 Å². The van der Waals surface area contributed by atoms with Crippen LogP contribution in [0.2, 0.25) is 0 Å². The Morgan fingerprint density at radius 1 is 1.39 bits per heavy atom. The van der Waals surface area contributed by atoms with Gasteiger partial charge in [0.15, 0.2) is 0 Å². The zero-order valence-electron chi connectivity index (χ0n) is 11.0. The number of hydrogen-bond donors (Lipinski definition) is 1. The van der Waals surface area contributed by atoms with E-state index in [1.807, 2.05) is 0 Å². The number of aromatic nitrogens is 2. The molecular formula is C14H20FN3. The Bertz CT molecular complexity index is 529. The maximum Gasteiger partial charge on any atom is 0.125 e. The van der Waals surface area contributed by atoms with Gasteiger partial charge in [-0.3, -0.25) is 0 Å². The molecule has 0 spiro atoms. The number of halogens is 1. The van der Waals surface area contributed by atoms with Gasteiger partial charge in [0.1, 0.15) is 11.6 Å². The van der Waals surface area contributed by atoms with E-state index < -0.39 is 0 Å². The van der Waals surface area contributed by atoms with Crippen molar-refractivity contribution in [3.63, 3.8) is 0 Å². The number of aryl methyl sites for hydroxylation is 1. The molecule has 4 heteroatoms. The SMILES string of the molecule is CCC(CN)Cc1nc2cc(F)ccc2n1CC. The monoisotopic (exact) mass is 249 g/mol. The molecule has 0 radical (unpaired) electrons. The summed E-state index contributed by atoms with van der Waals surface area (Å²) >= 11 is 0. The molecule has 1 heterocycles. The van der Waals surface area contributed by atoms with E-state index in [-0.39, 0.29) is 5.82 Å². The van der Waals surface area contributed by atoms with E-state index in [0.717, 1.165) is 36.2 Å². The molecule has 0 amide bonds. The Labute approximate surface area is 107 Å². The van der Waals surface area contributed by atoms with Crippen LogP contribution in [0.5, 0.6) is 0 Å². The first kappa shape index (κ1) is 13.0. The van der Waals surface area contributed by atoms with E-state index in [9.17, 15) is 4.39 Å². The highest BCUT2D eigenvalue weighted by Crippen LogP contribution is 2.20. The largest absolute Gasteiger partial charge is 0.330 e. The molecule has 0 saturated heterocycles. The highest BCUT2D eigenvalue weighted by Gasteiger charge is 2.14. The predicted molar refractivity (Wildman–Crippen MR) is 71.9 cm³/mol. The van der Waals surface area contributed by atoms with Crippen LogP contribution >= 0.6 is 0 Å². The first-order valence-electron chi connectivity index (χ1n) is 6.54. The minimum absolute atomic E-state index is 0.235. The average Bonchev–Trinajstić information content (AvgIpc) is 2.71. The van der Waals surface area contributed by atoms with Gasteiger partial charge in [-0.15, -0.1) is 0 Å². The average molecular weight is 249 g/mol. The minimum Gasteiger partial charge on any atom is -0.330 e. The van der Waals surface area contributed by atoms with Crippen molar-refractivity contribution in [1.29, 1.82) is 0 Å². The second kappa shape index (κ2) is 5.48. The van der Waals surface area contributed by atoms with Gasteiger partial charge in [-0.1, -0.05) is 13.3 Å². The lowest BCUT2D eigenvalue weighted by molar-refractivity contribution is 0.494. The Balaban J connectivity index is 2.43. The Morgan fingerprint density at radius 3 is 2.78 bits per heavy atom. The zero-order chi connectivity index (χ0) is 13.1. The number of benzene rings is 1. The van der Waals surface area contributed by atoms with Gasteiger partial charge >= 0.3 is 0 Å². The molecule has 0 aliphatic carbocycles. The third kappa shape index (κ3) is 2.38. The van der Waals surface area contributed by atoms with E-state index in [0.29, 0.717) is 12.5 Å². The molecule has 1 aromatic heterocycles. The van der Waals surface area contributed by atoms with Crippen LogP contribution in [0.25, 0.3) is 11.0 Å². The van der Waals surface area contributed by atoms with Crippen LogP contribution in [0.1, 0.15) is 26.1 Å². The maximum absolute atomic E-state index is 13.2. The number of hydrogen-bond acceptors (Lipinski definition) is 2. The van der Waals surface area contributed by atoms with Crippen molar-refractivity contribution in [2.45, 2.75) is 33.2 Å². The van der Waals surface area contributed by atoms with Crippen molar-refractivity contribution in [1.82, 2.24) is 9.55 Å². The zero-order valence-corrected chi connectivity index (χ0v) is 11.0. The molecule has 98 valence electrons. The molecule has 0 saturated carbocycles. The third-order valence-electron chi connectivity index (χ3n) is 3.49. The molecule has 18 heavy (non-hydrogen) atoms. The van der Waals surface area contributed by atoms with E-state index in [2.05, 4.69) is 23.4 Å². The van der Waals surface area contributed by atoms with Crippen LogP contribution in [0.4, 0.5) is 4.39 Å². The third-order valence-corrected chi connectivity index (χ3v) is 3.49. The van der Waals surface area contributed by atoms with Crippen LogP contribution in [0, 0.1) is 11.7 Å². The summed E-state index contributed by atoms with van der Waals surface area (Å²) in [6.07, 6.45) is 1.90. The van der Waals surface area contributed by atoms with Gasteiger partial charge in [0.2, 0.25) is 0 Å². The van der Waals surface area contributed by atoms with Crippen molar-refractivity contribution in [3.8, 4) is 0 Å². The van der Waals surface area contributed by atoms with Gasteiger partial charge in [-0.25, -0.2) is 9.37 Å². The topological polar surface area (TPSA) is 43.8 Å². The van der Waals surface area contributed by atoms with Crippen molar-refractivity contribution in [2.75, 3.05) is 6.54 Å². The van der Waals surface area contributed by atoms with Crippen LogP contribution < -0.4 is 5.73 Å². The van der Waals surface area contributed by atoms with Crippen molar-refractivity contribution in [3.05, 3.63) is 29.8 Å². The summed E-state index contributed by atoms with van der Waals surface area (Å²) in [5, 5.41) is 0. The summed E-state index contributed by atoms with van der Waals surface area (Å²) in [5.74, 6) is 1.22. The first-order valence-corrected chi connectivity index (χ1v) is 6.54. The normalized spacial score (nSPS) is 13.1. The van der Waals surface area contributed by atoms with Crippen molar-refractivity contribution < 1.29 is 4.39 Å². The standard InChI is InChI=1S/C14H20FN3/c1-3-10(9-16)7-14-17-12-8-11(15)5-6-13(12)18(14)4-2/h5-6,8,10H,3-4,7,9,16H2,1-2H3. The predicted octanol–water partition coefficient (Wildman–Crippen LogP) is 2.72.